The van der Waals surface area contributed by atoms with Crippen molar-refractivity contribution < 1.29 is 10.0 Å². The van der Waals surface area contributed by atoms with Gasteiger partial charge in [-0.1, -0.05) is 27.5 Å². The van der Waals surface area contributed by atoms with Crippen molar-refractivity contribution in [2.45, 2.75) is 26.2 Å². The smallest absolute Gasteiger partial charge is 0.151 e. The third-order valence-electron chi connectivity index (χ3n) is 4.93. The Hall–Kier alpha value is -1.36. The van der Waals surface area contributed by atoms with Crippen molar-refractivity contribution in [2.75, 3.05) is 18.0 Å². The Morgan fingerprint density at radius 3 is 2.81 bits per heavy atom. The van der Waals surface area contributed by atoms with Crippen LogP contribution in [0.3, 0.4) is 0 Å². The second kappa shape index (κ2) is 5.44. The number of carbonyl (C=O) groups excluding carboxylic acids is 1. The average molecular weight is 351 g/mol. The van der Waals surface area contributed by atoms with Crippen molar-refractivity contribution in [3.63, 3.8) is 0 Å². The van der Waals surface area contributed by atoms with Crippen LogP contribution in [0, 0.1) is 11.3 Å². The second-order valence-corrected chi connectivity index (χ2v) is 6.99. The molecule has 0 aromatic heterocycles. The van der Waals surface area contributed by atoms with E-state index in [1.54, 1.807) is 6.92 Å². The minimum Gasteiger partial charge on any atom is -0.411 e. The summed E-state index contributed by atoms with van der Waals surface area (Å²) in [6, 6.07) is 8.16. The largest absolute Gasteiger partial charge is 0.411 e. The Balaban J connectivity index is 1.96. The SMILES string of the molecule is C/C(=N/O)C12CCCC(CN(c3ccc(Br)cc3)C1)C2=O. The number of nitrogens with zero attached hydrogens (tertiary/aromatic N) is 2. The molecule has 0 amide bonds. The first-order valence-corrected chi connectivity index (χ1v) is 8.10. The van der Waals surface area contributed by atoms with Crippen LogP contribution in [0.4, 0.5) is 5.69 Å². The summed E-state index contributed by atoms with van der Waals surface area (Å²) >= 11 is 3.45. The summed E-state index contributed by atoms with van der Waals surface area (Å²) in [6.07, 6.45) is 2.75. The maximum absolute atomic E-state index is 12.7. The molecule has 2 atom stereocenters. The Morgan fingerprint density at radius 1 is 1.43 bits per heavy atom. The van der Waals surface area contributed by atoms with Crippen molar-refractivity contribution in [1.29, 1.82) is 0 Å². The van der Waals surface area contributed by atoms with Gasteiger partial charge in [-0.2, -0.15) is 0 Å². The fourth-order valence-electron chi connectivity index (χ4n) is 3.70. The highest BCUT2D eigenvalue weighted by atomic mass is 79.9. The van der Waals surface area contributed by atoms with Gasteiger partial charge in [-0.25, -0.2) is 0 Å². The standard InChI is InChI=1S/C16H19BrN2O2/c1-11(18-21)16-8-2-3-12(15(16)20)9-19(10-16)14-6-4-13(17)5-7-14/h4-7,12,21H,2-3,8-10H2,1H3/b18-11-. The Bertz CT molecular complexity index is 584. The molecule has 1 aromatic rings. The fourth-order valence-corrected chi connectivity index (χ4v) is 3.97. The van der Waals surface area contributed by atoms with E-state index in [-0.39, 0.29) is 11.7 Å². The number of halogens is 1. The van der Waals surface area contributed by atoms with Crippen LogP contribution in [0.2, 0.25) is 0 Å². The molecule has 0 radical (unpaired) electrons. The molecule has 1 aromatic carbocycles. The number of anilines is 1. The molecule has 1 heterocycles. The molecule has 1 saturated carbocycles. The van der Waals surface area contributed by atoms with Gasteiger partial charge in [0.05, 0.1) is 11.1 Å². The van der Waals surface area contributed by atoms with Crippen LogP contribution < -0.4 is 4.90 Å². The first-order chi connectivity index (χ1) is 10.1. The number of carbonyl (C=O) groups is 1. The molecule has 2 fully saturated rings. The number of ketones is 1. The van der Waals surface area contributed by atoms with Crippen molar-refractivity contribution in [3.05, 3.63) is 28.7 Å². The number of oxime groups is 1. The highest BCUT2D eigenvalue weighted by Crippen LogP contribution is 2.43. The average Bonchev–Trinajstić information content (AvgIpc) is 2.47. The zero-order valence-electron chi connectivity index (χ0n) is 12.1. The fraction of sp³-hybridized carbons (Fsp3) is 0.500. The van der Waals surface area contributed by atoms with Crippen LogP contribution in [0.5, 0.6) is 0 Å². The topological polar surface area (TPSA) is 52.9 Å². The molecule has 112 valence electrons. The van der Waals surface area contributed by atoms with Crippen LogP contribution in [0.15, 0.2) is 33.9 Å². The molecule has 2 bridgehead atoms. The molecular formula is C16H19BrN2O2. The number of Topliss-reactive ketones (excluding diaryl/α,β-unsaturated/α-hetero) is 1. The molecule has 2 unspecified atom stereocenters. The van der Waals surface area contributed by atoms with Crippen molar-refractivity contribution in [1.82, 2.24) is 0 Å². The van der Waals surface area contributed by atoms with Gasteiger partial charge in [0.25, 0.3) is 0 Å². The van der Waals surface area contributed by atoms with Crippen LogP contribution in [-0.4, -0.2) is 29.8 Å². The molecule has 1 aliphatic carbocycles. The van der Waals surface area contributed by atoms with Crippen molar-refractivity contribution in [2.24, 2.45) is 16.5 Å². The Labute approximate surface area is 133 Å². The lowest BCUT2D eigenvalue weighted by molar-refractivity contribution is -0.133. The third kappa shape index (κ3) is 2.37. The summed E-state index contributed by atoms with van der Waals surface area (Å²) in [7, 11) is 0. The van der Waals surface area contributed by atoms with E-state index in [2.05, 4.69) is 38.1 Å². The lowest BCUT2D eigenvalue weighted by atomic mass is 9.63. The van der Waals surface area contributed by atoms with E-state index < -0.39 is 5.41 Å². The summed E-state index contributed by atoms with van der Waals surface area (Å²) in [5, 5.41) is 12.6. The van der Waals surface area contributed by atoms with E-state index in [9.17, 15) is 10.0 Å². The van der Waals surface area contributed by atoms with Gasteiger partial charge < -0.3 is 10.1 Å². The molecule has 1 N–H and O–H groups in total. The van der Waals surface area contributed by atoms with Gasteiger partial charge in [0.15, 0.2) is 5.78 Å². The van der Waals surface area contributed by atoms with Gasteiger partial charge in [-0.15, -0.1) is 0 Å². The maximum atomic E-state index is 12.7. The number of hydrogen-bond acceptors (Lipinski definition) is 4. The minimum absolute atomic E-state index is 0.0489. The van der Waals surface area contributed by atoms with Gasteiger partial charge in [0.1, 0.15) is 0 Å². The number of fused-ring (bicyclic) bond motifs is 2. The van der Waals surface area contributed by atoms with Gasteiger partial charge in [-0.05, 0) is 44.0 Å². The molecule has 1 saturated heterocycles. The van der Waals surface area contributed by atoms with E-state index in [1.165, 1.54) is 0 Å². The van der Waals surface area contributed by atoms with E-state index in [0.717, 1.165) is 36.0 Å². The van der Waals surface area contributed by atoms with Crippen LogP contribution >= 0.6 is 15.9 Å². The highest BCUT2D eigenvalue weighted by Gasteiger charge is 2.52. The molecular weight excluding hydrogens is 332 g/mol. The molecule has 0 spiro atoms. The van der Waals surface area contributed by atoms with E-state index in [4.69, 9.17) is 0 Å². The summed E-state index contributed by atoms with van der Waals surface area (Å²) in [5.74, 6) is 0.310. The number of piperidine rings is 1. The quantitative estimate of drug-likeness (QED) is 0.504. The summed E-state index contributed by atoms with van der Waals surface area (Å²) in [4.78, 5) is 15.0. The zero-order chi connectivity index (χ0) is 15.0. The van der Waals surface area contributed by atoms with Gasteiger partial charge in [0.2, 0.25) is 0 Å². The minimum atomic E-state index is -0.608. The summed E-state index contributed by atoms with van der Waals surface area (Å²) in [6.45, 7) is 3.14. The number of rotatable bonds is 2. The Morgan fingerprint density at radius 2 is 2.14 bits per heavy atom. The van der Waals surface area contributed by atoms with Crippen molar-refractivity contribution in [3.8, 4) is 0 Å². The molecule has 3 rings (SSSR count). The number of hydrogen-bond donors (Lipinski definition) is 1. The van der Waals surface area contributed by atoms with Crippen LogP contribution in [0.25, 0.3) is 0 Å². The van der Waals surface area contributed by atoms with E-state index in [0.29, 0.717) is 12.3 Å². The summed E-state index contributed by atoms with van der Waals surface area (Å²) < 4.78 is 1.04. The monoisotopic (exact) mass is 350 g/mol. The molecule has 4 nitrogen and oxygen atoms in total. The van der Waals surface area contributed by atoms with E-state index in [1.807, 2.05) is 12.1 Å². The van der Waals surface area contributed by atoms with Gasteiger partial charge in [0, 0.05) is 29.2 Å². The Kier molecular flexibility index (Phi) is 3.78. The van der Waals surface area contributed by atoms with Crippen LogP contribution in [0.1, 0.15) is 26.2 Å². The van der Waals surface area contributed by atoms with Gasteiger partial charge in [-0.3, -0.25) is 4.79 Å². The first kappa shape index (κ1) is 14.6. The first-order valence-electron chi connectivity index (χ1n) is 7.31. The summed E-state index contributed by atoms with van der Waals surface area (Å²) in [5.41, 5.74) is 1.06. The van der Waals surface area contributed by atoms with Crippen LogP contribution in [-0.2, 0) is 4.79 Å². The predicted octanol–water partition coefficient (Wildman–Crippen LogP) is 3.47. The third-order valence-corrected chi connectivity index (χ3v) is 5.46. The zero-order valence-corrected chi connectivity index (χ0v) is 13.6. The molecule has 21 heavy (non-hydrogen) atoms. The lowest BCUT2D eigenvalue weighted by Crippen LogP contribution is -2.59. The number of benzene rings is 1. The van der Waals surface area contributed by atoms with Gasteiger partial charge >= 0.3 is 0 Å². The second-order valence-electron chi connectivity index (χ2n) is 6.08. The van der Waals surface area contributed by atoms with E-state index >= 15 is 0 Å². The highest BCUT2D eigenvalue weighted by molar-refractivity contribution is 9.10. The normalized spacial score (nSPS) is 29.6. The lowest BCUT2D eigenvalue weighted by Gasteiger charge is -2.48. The maximum Gasteiger partial charge on any atom is 0.151 e. The van der Waals surface area contributed by atoms with Crippen molar-refractivity contribution >= 4 is 33.1 Å². The molecule has 1 aliphatic heterocycles. The predicted molar refractivity (Wildman–Crippen MR) is 86.0 cm³/mol. The molecule has 2 aliphatic rings. The molecule has 5 heteroatoms.